The van der Waals surface area contributed by atoms with Crippen LogP contribution in [0, 0.1) is 0 Å². The van der Waals surface area contributed by atoms with Crippen LogP contribution in [0.15, 0.2) is 30.3 Å². The Morgan fingerprint density at radius 3 is 2.39 bits per heavy atom. The summed E-state index contributed by atoms with van der Waals surface area (Å²) < 4.78 is 35.4. The molecular formula is C23H31NO9. The largest absolute Gasteiger partial charge is 0.481 e. The zero-order valence-electron chi connectivity index (χ0n) is 19.2. The summed E-state index contributed by atoms with van der Waals surface area (Å²) >= 11 is 0. The number of nitrogens with one attached hydrogen (secondary N) is 1. The summed E-state index contributed by atoms with van der Waals surface area (Å²) in [4.78, 5) is 24.2. The first kappa shape index (κ1) is 23.9. The number of carboxylic acid groups (broad SMARTS) is 1. The Bertz CT molecular complexity index is 874. The van der Waals surface area contributed by atoms with E-state index in [-0.39, 0.29) is 19.8 Å². The van der Waals surface area contributed by atoms with Crippen molar-refractivity contribution in [3.05, 3.63) is 35.9 Å². The van der Waals surface area contributed by atoms with Crippen molar-refractivity contribution >= 4 is 12.1 Å². The van der Waals surface area contributed by atoms with E-state index in [1.807, 2.05) is 30.3 Å². The van der Waals surface area contributed by atoms with E-state index in [9.17, 15) is 14.7 Å². The van der Waals surface area contributed by atoms with E-state index in [0.717, 1.165) is 5.56 Å². The van der Waals surface area contributed by atoms with Crippen LogP contribution in [0.2, 0.25) is 0 Å². The Morgan fingerprint density at radius 1 is 1.03 bits per heavy atom. The summed E-state index contributed by atoms with van der Waals surface area (Å²) in [5.74, 6) is -2.84. The van der Waals surface area contributed by atoms with Gasteiger partial charge in [0.15, 0.2) is 11.6 Å². The Kier molecular flexibility index (Phi) is 6.41. The molecular weight excluding hydrogens is 434 g/mol. The molecule has 0 bridgehead atoms. The predicted molar refractivity (Wildman–Crippen MR) is 113 cm³/mol. The van der Waals surface area contributed by atoms with Crippen LogP contribution in [-0.4, -0.2) is 71.9 Å². The number of amides is 1. The molecule has 0 aromatic heterocycles. The van der Waals surface area contributed by atoms with Gasteiger partial charge >= 0.3 is 12.1 Å². The van der Waals surface area contributed by atoms with Gasteiger partial charge in [-0.25, -0.2) is 4.79 Å². The highest BCUT2D eigenvalue weighted by Crippen LogP contribution is 2.48. The highest BCUT2D eigenvalue weighted by atomic mass is 16.8. The second-order valence-corrected chi connectivity index (χ2v) is 9.52. The standard InChI is InChI=1S/C23H31NO9/c1-21(2)29-12-15(30-21)17-18-19(33-22(3,4)31-18)23(32-17,10-16(25)26)13-24-20(27)28-11-14-8-6-5-7-9-14/h5-9,15,17-19H,10-13H2,1-4H3,(H,24,27)(H,25,26)/t15-,17+,18-,19-,23+/m0/s1. The maximum absolute atomic E-state index is 12.4. The van der Waals surface area contributed by atoms with E-state index in [2.05, 4.69) is 5.32 Å². The van der Waals surface area contributed by atoms with Crippen molar-refractivity contribution in [3.8, 4) is 0 Å². The van der Waals surface area contributed by atoms with Crippen molar-refractivity contribution < 1.29 is 43.1 Å². The normalized spacial score (nSPS) is 34.1. The molecule has 0 spiro atoms. The van der Waals surface area contributed by atoms with E-state index < -0.39 is 60.1 Å². The summed E-state index contributed by atoms with van der Waals surface area (Å²) in [5.41, 5.74) is -0.544. The number of carbonyl (C=O) groups is 2. The lowest BCUT2D eigenvalue weighted by molar-refractivity contribution is -0.227. The van der Waals surface area contributed by atoms with Crippen molar-refractivity contribution in [3.63, 3.8) is 0 Å². The van der Waals surface area contributed by atoms with Gasteiger partial charge in [0.1, 0.15) is 36.6 Å². The smallest absolute Gasteiger partial charge is 0.407 e. The van der Waals surface area contributed by atoms with Gasteiger partial charge in [-0.3, -0.25) is 4.79 Å². The fourth-order valence-electron chi connectivity index (χ4n) is 4.61. The average Bonchev–Trinajstić information content (AvgIpc) is 3.35. The van der Waals surface area contributed by atoms with Crippen LogP contribution in [0.5, 0.6) is 0 Å². The third-order valence-corrected chi connectivity index (χ3v) is 5.93. The number of rotatable bonds is 7. The molecule has 0 radical (unpaired) electrons. The molecule has 0 saturated carbocycles. The van der Waals surface area contributed by atoms with Gasteiger partial charge in [-0.05, 0) is 33.3 Å². The van der Waals surface area contributed by atoms with Gasteiger partial charge in [0.2, 0.25) is 0 Å². The summed E-state index contributed by atoms with van der Waals surface area (Å²) in [5, 5.41) is 12.3. The molecule has 10 nitrogen and oxygen atoms in total. The van der Waals surface area contributed by atoms with Crippen molar-refractivity contribution in [2.45, 2.75) is 82.3 Å². The number of carboxylic acids is 1. The van der Waals surface area contributed by atoms with Gasteiger partial charge < -0.3 is 38.8 Å². The maximum Gasteiger partial charge on any atom is 0.407 e. The third kappa shape index (κ3) is 5.30. The first-order valence-corrected chi connectivity index (χ1v) is 11.0. The number of benzene rings is 1. The fourth-order valence-corrected chi connectivity index (χ4v) is 4.61. The third-order valence-electron chi connectivity index (χ3n) is 5.93. The zero-order chi connectivity index (χ0) is 23.9. The topological polar surface area (TPSA) is 122 Å². The molecule has 3 aliphatic rings. The second kappa shape index (κ2) is 8.84. The van der Waals surface area contributed by atoms with Crippen LogP contribution in [0.4, 0.5) is 4.79 Å². The van der Waals surface area contributed by atoms with Gasteiger partial charge in [-0.1, -0.05) is 30.3 Å². The van der Waals surface area contributed by atoms with Gasteiger partial charge in [0.25, 0.3) is 0 Å². The van der Waals surface area contributed by atoms with Crippen molar-refractivity contribution in [2.24, 2.45) is 0 Å². The number of carbonyl (C=O) groups excluding carboxylic acids is 1. The molecule has 1 aromatic rings. The van der Waals surface area contributed by atoms with Crippen molar-refractivity contribution in [1.29, 1.82) is 0 Å². The minimum Gasteiger partial charge on any atom is -0.481 e. The molecule has 2 N–H and O–H groups in total. The van der Waals surface area contributed by atoms with Gasteiger partial charge in [-0.2, -0.15) is 0 Å². The molecule has 10 heteroatoms. The van der Waals surface area contributed by atoms with Gasteiger partial charge in [-0.15, -0.1) is 0 Å². The van der Waals surface area contributed by atoms with Crippen LogP contribution in [0.3, 0.4) is 0 Å². The number of ether oxygens (including phenoxy) is 6. The quantitative estimate of drug-likeness (QED) is 0.624. The van der Waals surface area contributed by atoms with Crippen LogP contribution < -0.4 is 5.32 Å². The Hall–Kier alpha value is -2.24. The van der Waals surface area contributed by atoms with E-state index in [1.54, 1.807) is 27.7 Å². The lowest BCUT2D eigenvalue weighted by Crippen LogP contribution is -2.53. The zero-order valence-corrected chi connectivity index (χ0v) is 19.2. The monoisotopic (exact) mass is 465 g/mol. The molecule has 0 unspecified atom stereocenters. The van der Waals surface area contributed by atoms with Gasteiger partial charge in [0.05, 0.1) is 19.6 Å². The van der Waals surface area contributed by atoms with Crippen LogP contribution in [0.1, 0.15) is 39.7 Å². The lowest BCUT2D eigenvalue weighted by Gasteiger charge is -2.34. The summed E-state index contributed by atoms with van der Waals surface area (Å²) in [6.45, 7) is 7.32. The Labute approximate surface area is 192 Å². The minimum atomic E-state index is -1.38. The Balaban J connectivity index is 1.50. The number of aliphatic carboxylic acids is 1. The molecule has 4 rings (SSSR count). The van der Waals surface area contributed by atoms with E-state index in [4.69, 9.17) is 28.4 Å². The van der Waals surface area contributed by atoms with Crippen molar-refractivity contribution in [2.75, 3.05) is 13.2 Å². The average molecular weight is 465 g/mol. The molecule has 182 valence electrons. The highest BCUT2D eigenvalue weighted by Gasteiger charge is 2.65. The van der Waals surface area contributed by atoms with Crippen LogP contribution >= 0.6 is 0 Å². The number of hydrogen-bond donors (Lipinski definition) is 2. The fraction of sp³-hybridized carbons (Fsp3) is 0.652. The molecule has 3 saturated heterocycles. The maximum atomic E-state index is 12.4. The highest BCUT2D eigenvalue weighted by molar-refractivity contribution is 5.70. The molecule has 33 heavy (non-hydrogen) atoms. The van der Waals surface area contributed by atoms with Crippen molar-refractivity contribution in [1.82, 2.24) is 5.32 Å². The summed E-state index contributed by atoms with van der Waals surface area (Å²) in [6, 6.07) is 9.24. The molecule has 1 aromatic carbocycles. The number of hydrogen-bond acceptors (Lipinski definition) is 8. The number of alkyl carbamates (subject to hydrolysis) is 1. The first-order chi connectivity index (χ1) is 15.5. The van der Waals surface area contributed by atoms with Gasteiger partial charge in [0, 0.05) is 0 Å². The molecule has 0 aliphatic carbocycles. The molecule has 3 heterocycles. The summed E-state index contributed by atoms with van der Waals surface area (Å²) in [6.07, 6.45) is -3.54. The molecule has 3 aliphatic heterocycles. The van der Waals surface area contributed by atoms with Crippen LogP contribution in [0.25, 0.3) is 0 Å². The van der Waals surface area contributed by atoms with E-state index in [1.165, 1.54) is 0 Å². The van der Waals surface area contributed by atoms with E-state index >= 15 is 0 Å². The number of fused-ring (bicyclic) bond motifs is 1. The molecule has 3 fully saturated rings. The Morgan fingerprint density at radius 2 is 1.76 bits per heavy atom. The minimum absolute atomic E-state index is 0.0864. The molecule has 1 amide bonds. The lowest BCUT2D eigenvalue weighted by atomic mass is 9.90. The van der Waals surface area contributed by atoms with Crippen LogP contribution in [-0.2, 0) is 39.8 Å². The first-order valence-electron chi connectivity index (χ1n) is 11.0. The predicted octanol–water partition coefficient (Wildman–Crippen LogP) is 2.20. The molecule has 5 atom stereocenters. The summed E-state index contributed by atoms with van der Waals surface area (Å²) in [7, 11) is 0. The SMILES string of the molecule is CC1(C)OC[C@@H]([C@H]2O[C@@](CNC(=O)OCc3ccccc3)(CC(=O)O)[C@H]3OC(C)(C)O[C@@H]23)O1. The van der Waals surface area contributed by atoms with E-state index in [0.29, 0.717) is 0 Å². The second-order valence-electron chi connectivity index (χ2n) is 9.52.